The van der Waals surface area contributed by atoms with Crippen molar-refractivity contribution in [2.45, 2.75) is 129 Å². The molecule has 0 saturated carbocycles. The SMILES string of the molecule is CCCCCCCCCCCN1CCOCCOCCOCCOCCOCN1CCCCCCCCCCC. The number of hydrogen-bond donors (Lipinski definition) is 0. The molecule has 0 aromatic carbocycles. The van der Waals surface area contributed by atoms with Crippen LogP contribution in [0.2, 0.25) is 0 Å². The summed E-state index contributed by atoms with van der Waals surface area (Å²) in [5, 5.41) is 4.95. The molecule has 40 heavy (non-hydrogen) atoms. The van der Waals surface area contributed by atoms with Gasteiger partial charge in [0.2, 0.25) is 0 Å². The molecule has 0 atom stereocenters. The van der Waals surface area contributed by atoms with E-state index in [0.717, 1.165) is 19.6 Å². The van der Waals surface area contributed by atoms with Crippen molar-refractivity contribution in [3.8, 4) is 0 Å². The maximum Gasteiger partial charge on any atom is 0.112 e. The second kappa shape index (κ2) is 31.7. The van der Waals surface area contributed by atoms with Crippen LogP contribution < -0.4 is 0 Å². The fourth-order valence-corrected chi connectivity index (χ4v) is 5.11. The zero-order chi connectivity index (χ0) is 28.6. The number of nitrogens with zero attached hydrogens (tertiary/aromatic N) is 2. The molecular weight excluding hydrogens is 504 g/mol. The summed E-state index contributed by atoms with van der Waals surface area (Å²) in [6.07, 6.45) is 24.3. The molecule has 0 bridgehead atoms. The minimum Gasteiger partial charge on any atom is -0.378 e. The van der Waals surface area contributed by atoms with Crippen LogP contribution in [-0.2, 0) is 23.7 Å². The molecule has 1 aliphatic heterocycles. The Kier molecular flexibility index (Phi) is 29.9. The Hall–Kier alpha value is -0.280. The summed E-state index contributed by atoms with van der Waals surface area (Å²) in [5.41, 5.74) is 0. The Morgan fingerprint density at radius 3 is 1.10 bits per heavy atom. The average Bonchev–Trinajstić information content (AvgIpc) is 2.96. The Morgan fingerprint density at radius 1 is 0.350 bits per heavy atom. The molecular formula is C33H68N2O5. The molecule has 1 saturated heterocycles. The summed E-state index contributed by atoms with van der Waals surface area (Å²) in [6, 6.07) is 0. The van der Waals surface area contributed by atoms with Crippen LogP contribution in [0.5, 0.6) is 0 Å². The minimum absolute atomic E-state index is 0.594. The first-order valence-corrected chi connectivity index (χ1v) is 17.3. The Balaban J connectivity index is 2.50. The van der Waals surface area contributed by atoms with E-state index in [1.807, 2.05) is 0 Å². The molecule has 0 aromatic heterocycles. The van der Waals surface area contributed by atoms with Gasteiger partial charge in [0.05, 0.1) is 59.5 Å². The molecule has 0 spiro atoms. The Labute approximate surface area is 248 Å². The molecule has 1 aliphatic rings. The van der Waals surface area contributed by atoms with E-state index in [1.54, 1.807) is 0 Å². The van der Waals surface area contributed by atoms with Gasteiger partial charge in [-0.3, -0.25) is 0 Å². The standard InChI is InChI=1S/C33H68N2O5/c1-3-5-7-9-11-13-15-17-19-21-34-23-24-36-25-26-37-27-28-38-29-30-39-31-32-40-33-35(34)22-20-18-16-14-12-10-8-6-4-2/h3-33H2,1-2H3. The van der Waals surface area contributed by atoms with Gasteiger partial charge in [-0.15, -0.1) is 0 Å². The molecule has 1 heterocycles. The van der Waals surface area contributed by atoms with Crippen LogP contribution in [0.4, 0.5) is 0 Å². The zero-order valence-corrected chi connectivity index (χ0v) is 26.9. The Morgan fingerprint density at radius 2 is 0.675 bits per heavy atom. The first-order valence-electron chi connectivity index (χ1n) is 17.3. The smallest absolute Gasteiger partial charge is 0.112 e. The van der Waals surface area contributed by atoms with E-state index in [4.69, 9.17) is 23.7 Å². The van der Waals surface area contributed by atoms with E-state index in [0.29, 0.717) is 66.2 Å². The molecule has 0 N–H and O–H groups in total. The summed E-state index contributed by atoms with van der Waals surface area (Å²) >= 11 is 0. The van der Waals surface area contributed by atoms with Crippen LogP contribution in [0.3, 0.4) is 0 Å². The fraction of sp³-hybridized carbons (Fsp3) is 1.00. The highest BCUT2D eigenvalue weighted by Gasteiger charge is 2.15. The van der Waals surface area contributed by atoms with Crippen LogP contribution in [-0.4, -0.2) is 95.8 Å². The van der Waals surface area contributed by atoms with Gasteiger partial charge in [0.1, 0.15) is 6.73 Å². The van der Waals surface area contributed by atoms with Crippen molar-refractivity contribution in [2.24, 2.45) is 0 Å². The monoisotopic (exact) mass is 573 g/mol. The van der Waals surface area contributed by atoms with Gasteiger partial charge < -0.3 is 23.7 Å². The summed E-state index contributed by atoms with van der Waals surface area (Å²) in [7, 11) is 0. The third kappa shape index (κ3) is 25.4. The molecule has 0 aromatic rings. The second-order valence-electron chi connectivity index (χ2n) is 11.3. The topological polar surface area (TPSA) is 52.6 Å². The van der Waals surface area contributed by atoms with E-state index in [-0.39, 0.29) is 0 Å². The lowest BCUT2D eigenvalue weighted by Gasteiger charge is -2.35. The number of rotatable bonds is 20. The molecule has 240 valence electrons. The summed E-state index contributed by atoms with van der Waals surface area (Å²) in [4.78, 5) is 0. The van der Waals surface area contributed by atoms with E-state index in [2.05, 4.69) is 23.9 Å². The zero-order valence-electron chi connectivity index (χ0n) is 26.9. The van der Waals surface area contributed by atoms with Gasteiger partial charge in [0, 0.05) is 19.6 Å². The normalized spacial score (nSPS) is 18.4. The average molecular weight is 573 g/mol. The van der Waals surface area contributed by atoms with Crippen molar-refractivity contribution in [2.75, 3.05) is 85.8 Å². The molecule has 7 heteroatoms. The second-order valence-corrected chi connectivity index (χ2v) is 11.3. The predicted molar refractivity (Wildman–Crippen MR) is 167 cm³/mol. The van der Waals surface area contributed by atoms with Gasteiger partial charge in [-0.1, -0.05) is 117 Å². The molecule has 0 amide bonds. The molecule has 1 fully saturated rings. The van der Waals surface area contributed by atoms with Crippen molar-refractivity contribution in [3.05, 3.63) is 0 Å². The molecule has 0 unspecified atom stereocenters. The molecule has 0 aliphatic carbocycles. The maximum absolute atomic E-state index is 6.10. The lowest BCUT2D eigenvalue weighted by Crippen LogP contribution is -2.47. The minimum atomic E-state index is 0.594. The lowest BCUT2D eigenvalue weighted by atomic mass is 10.1. The van der Waals surface area contributed by atoms with Crippen LogP contribution in [0, 0.1) is 0 Å². The largest absolute Gasteiger partial charge is 0.378 e. The Bertz CT molecular complexity index is 444. The van der Waals surface area contributed by atoms with Gasteiger partial charge in [0.25, 0.3) is 0 Å². The van der Waals surface area contributed by atoms with E-state index in [9.17, 15) is 0 Å². The van der Waals surface area contributed by atoms with E-state index in [1.165, 1.54) is 116 Å². The van der Waals surface area contributed by atoms with Gasteiger partial charge >= 0.3 is 0 Å². The van der Waals surface area contributed by atoms with Gasteiger partial charge in [-0.25, -0.2) is 10.0 Å². The highest BCUT2D eigenvalue weighted by atomic mass is 16.6. The van der Waals surface area contributed by atoms with Gasteiger partial charge in [-0.2, -0.15) is 0 Å². The van der Waals surface area contributed by atoms with Crippen LogP contribution in [0.15, 0.2) is 0 Å². The van der Waals surface area contributed by atoms with Crippen LogP contribution in [0.25, 0.3) is 0 Å². The van der Waals surface area contributed by atoms with Crippen molar-refractivity contribution < 1.29 is 23.7 Å². The van der Waals surface area contributed by atoms with Gasteiger partial charge in [-0.05, 0) is 12.8 Å². The fourth-order valence-electron chi connectivity index (χ4n) is 5.11. The van der Waals surface area contributed by atoms with Crippen molar-refractivity contribution in [1.29, 1.82) is 0 Å². The van der Waals surface area contributed by atoms with Crippen molar-refractivity contribution >= 4 is 0 Å². The maximum atomic E-state index is 6.10. The number of ether oxygens (including phenoxy) is 5. The van der Waals surface area contributed by atoms with Crippen molar-refractivity contribution in [1.82, 2.24) is 10.0 Å². The first-order chi connectivity index (χ1) is 19.9. The van der Waals surface area contributed by atoms with Crippen molar-refractivity contribution in [3.63, 3.8) is 0 Å². The summed E-state index contributed by atoms with van der Waals surface area (Å²) < 4.78 is 28.9. The van der Waals surface area contributed by atoms with Crippen LogP contribution in [0.1, 0.15) is 129 Å². The molecule has 7 nitrogen and oxygen atoms in total. The third-order valence-electron chi connectivity index (χ3n) is 7.66. The number of unbranched alkanes of at least 4 members (excludes halogenated alkanes) is 16. The molecule has 1 rings (SSSR count). The number of hydrogen-bond acceptors (Lipinski definition) is 7. The third-order valence-corrected chi connectivity index (χ3v) is 7.66. The van der Waals surface area contributed by atoms with E-state index >= 15 is 0 Å². The highest BCUT2D eigenvalue weighted by molar-refractivity contribution is 4.60. The van der Waals surface area contributed by atoms with E-state index < -0.39 is 0 Å². The number of hydrazine groups is 1. The lowest BCUT2D eigenvalue weighted by molar-refractivity contribution is -0.123. The first kappa shape index (κ1) is 37.7. The quantitative estimate of drug-likeness (QED) is 0.139. The predicted octanol–water partition coefficient (Wildman–Crippen LogP) is 7.62. The van der Waals surface area contributed by atoms with Gasteiger partial charge in [0.15, 0.2) is 0 Å². The van der Waals surface area contributed by atoms with Crippen LogP contribution >= 0.6 is 0 Å². The highest BCUT2D eigenvalue weighted by Crippen LogP contribution is 2.13. The summed E-state index contributed by atoms with van der Waals surface area (Å²) in [5.74, 6) is 0. The molecule has 0 radical (unpaired) electrons. The summed E-state index contributed by atoms with van der Waals surface area (Å²) in [6.45, 7) is 13.8.